The van der Waals surface area contributed by atoms with Crippen molar-refractivity contribution >= 4 is 39.1 Å². The van der Waals surface area contributed by atoms with Crippen LogP contribution in [0.1, 0.15) is 56.6 Å². The molecule has 9 heteroatoms. The number of benzene rings is 2. The van der Waals surface area contributed by atoms with Gasteiger partial charge in [0.2, 0.25) is 21.8 Å². The Hall–Kier alpha value is -2.58. The lowest BCUT2D eigenvalue weighted by atomic mass is 9.95. The third kappa shape index (κ3) is 7.23. The summed E-state index contributed by atoms with van der Waals surface area (Å²) in [5.41, 5.74) is 1.77. The molecule has 1 aliphatic rings. The van der Waals surface area contributed by atoms with Crippen LogP contribution in [0.4, 0.5) is 5.69 Å². The fraction of sp³-hybridized carbons (Fsp3) is 0.481. The predicted molar refractivity (Wildman–Crippen MR) is 144 cm³/mol. The topological polar surface area (TPSA) is 86.8 Å². The summed E-state index contributed by atoms with van der Waals surface area (Å²) in [6.45, 7) is 3.35. The molecule has 2 aromatic carbocycles. The fourth-order valence-electron chi connectivity index (χ4n) is 4.70. The largest absolute Gasteiger partial charge is 0.352 e. The summed E-state index contributed by atoms with van der Waals surface area (Å²) in [6.07, 6.45) is 6.68. The summed E-state index contributed by atoms with van der Waals surface area (Å²) in [4.78, 5) is 28.7. The van der Waals surface area contributed by atoms with E-state index in [2.05, 4.69) is 5.32 Å². The van der Waals surface area contributed by atoms with Crippen LogP contribution in [-0.4, -0.2) is 50.0 Å². The molecule has 0 radical (unpaired) electrons. The molecule has 196 valence electrons. The minimum Gasteiger partial charge on any atom is -0.352 e. The Balaban J connectivity index is 1.92. The highest BCUT2D eigenvalue weighted by atomic mass is 35.5. The highest BCUT2D eigenvalue weighted by Gasteiger charge is 2.33. The van der Waals surface area contributed by atoms with Gasteiger partial charge in [0.25, 0.3) is 0 Å². The minimum atomic E-state index is -3.81. The van der Waals surface area contributed by atoms with Crippen LogP contribution in [0.15, 0.2) is 48.5 Å². The molecular weight excluding hydrogens is 498 g/mol. The predicted octanol–water partition coefficient (Wildman–Crippen LogP) is 4.67. The number of amides is 2. The lowest BCUT2D eigenvalue weighted by molar-refractivity contribution is -0.140. The van der Waals surface area contributed by atoms with Gasteiger partial charge in [-0.05, 0) is 49.4 Å². The third-order valence-corrected chi connectivity index (χ3v) is 8.26. The number of hydrogen-bond donors (Lipinski definition) is 1. The second-order valence-corrected chi connectivity index (χ2v) is 11.7. The quantitative estimate of drug-likeness (QED) is 0.481. The van der Waals surface area contributed by atoms with E-state index in [1.807, 2.05) is 37.3 Å². The maximum absolute atomic E-state index is 13.8. The van der Waals surface area contributed by atoms with Gasteiger partial charge >= 0.3 is 0 Å². The van der Waals surface area contributed by atoms with Crippen LogP contribution in [0.5, 0.6) is 0 Å². The zero-order chi connectivity index (χ0) is 26.3. The first-order valence-electron chi connectivity index (χ1n) is 12.5. The first-order chi connectivity index (χ1) is 17.1. The van der Waals surface area contributed by atoms with Crippen LogP contribution >= 0.6 is 11.6 Å². The van der Waals surface area contributed by atoms with E-state index in [0.29, 0.717) is 22.7 Å². The van der Waals surface area contributed by atoms with E-state index in [9.17, 15) is 18.0 Å². The Bertz CT molecular complexity index is 1150. The van der Waals surface area contributed by atoms with E-state index in [1.165, 1.54) is 11.3 Å². The maximum atomic E-state index is 13.8. The van der Waals surface area contributed by atoms with E-state index in [-0.39, 0.29) is 18.5 Å². The van der Waals surface area contributed by atoms with Crippen LogP contribution < -0.4 is 9.62 Å². The lowest BCUT2D eigenvalue weighted by Crippen LogP contribution is -2.54. The Morgan fingerprint density at radius 2 is 1.72 bits per heavy atom. The van der Waals surface area contributed by atoms with Gasteiger partial charge in [-0.15, -0.1) is 0 Å². The molecule has 1 saturated carbocycles. The summed E-state index contributed by atoms with van der Waals surface area (Å²) < 4.78 is 26.6. The molecule has 0 bridgehead atoms. The molecule has 1 atom stereocenters. The van der Waals surface area contributed by atoms with Crippen molar-refractivity contribution in [1.82, 2.24) is 10.2 Å². The van der Waals surface area contributed by atoms with Gasteiger partial charge in [0.15, 0.2) is 0 Å². The van der Waals surface area contributed by atoms with Gasteiger partial charge in [-0.25, -0.2) is 8.42 Å². The van der Waals surface area contributed by atoms with Crippen molar-refractivity contribution in [2.24, 2.45) is 0 Å². The highest BCUT2D eigenvalue weighted by Crippen LogP contribution is 2.28. The second-order valence-electron chi connectivity index (χ2n) is 9.43. The zero-order valence-electron chi connectivity index (χ0n) is 21.2. The fourth-order valence-corrected chi connectivity index (χ4v) is 5.77. The average Bonchev–Trinajstić information content (AvgIpc) is 2.85. The monoisotopic (exact) mass is 533 g/mol. The van der Waals surface area contributed by atoms with Crippen molar-refractivity contribution in [2.75, 3.05) is 17.1 Å². The Morgan fingerprint density at radius 1 is 1.06 bits per heavy atom. The van der Waals surface area contributed by atoms with Crippen LogP contribution in [0.25, 0.3) is 0 Å². The summed E-state index contributed by atoms with van der Waals surface area (Å²) in [5.74, 6) is -0.646. The molecule has 0 aliphatic heterocycles. The first kappa shape index (κ1) is 28.0. The molecule has 0 unspecified atom stereocenters. The molecule has 2 aromatic rings. The minimum absolute atomic E-state index is 0.107. The van der Waals surface area contributed by atoms with Gasteiger partial charge in [0.05, 0.1) is 11.9 Å². The normalized spacial score (nSPS) is 15.2. The maximum Gasteiger partial charge on any atom is 0.244 e. The van der Waals surface area contributed by atoms with Crippen LogP contribution in [0.2, 0.25) is 5.02 Å². The molecule has 2 amide bonds. The summed E-state index contributed by atoms with van der Waals surface area (Å²) in [5, 5.41) is 3.55. The van der Waals surface area contributed by atoms with Crippen molar-refractivity contribution in [3.8, 4) is 0 Å². The smallest absolute Gasteiger partial charge is 0.244 e. The molecule has 1 fully saturated rings. The number of carbonyl (C=O) groups excluding carboxylic acids is 2. The molecule has 0 spiro atoms. The van der Waals surface area contributed by atoms with Gasteiger partial charge in [0, 0.05) is 17.6 Å². The second kappa shape index (κ2) is 12.6. The molecule has 1 aliphatic carbocycles. The average molecular weight is 534 g/mol. The van der Waals surface area contributed by atoms with E-state index >= 15 is 0 Å². The first-order valence-corrected chi connectivity index (χ1v) is 14.7. The Morgan fingerprint density at radius 3 is 2.33 bits per heavy atom. The van der Waals surface area contributed by atoms with Crippen molar-refractivity contribution in [3.05, 3.63) is 64.7 Å². The van der Waals surface area contributed by atoms with E-state index in [0.717, 1.165) is 41.8 Å². The van der Waals surface area contributed by atoms with Gasteiger partial charge in [-0.2, -0.15) is 0 Å². The molecular formula is C27H36ClN3O4S. The van der Waals surface area contributed by atoms with Gasteiger partial charge < -0.3 is 10.2 Å². The van der Waals surface area contributed by atoms with Crippen molar-refractivity contribution in [3.63, 3.8) is 0 Å². The number of rotatable bonds is 10. The lowest BCUT2D eigenvalue weighted by Gasteiger charge is -2.34. The van der Waals surface area contributed by atoms with Gasteiger partial charge in [-0.3, -0.25) is 13.9 Å². The number of carbonyl (C=O) groups is 2. The molecule has 1 N–H and O–H groups in total. The van der Waals surface area contributed by atoms with Crippen LogP contribution in [0, 0.1) is 6.92 Å². The molecule has 0 aromatic heterocycles. The number of nitrogens with zero attached hydrogens (tertiary/aromatic N) is 2. The Kier molecular flexibility index (Phi) is 9.79. The number of sulfonamides is 1. The summed E-state index contributed by atoms with van der Waals surface area (Å²) in [7, 11) is -3.81. The summed E-state index contributed by atoms with van der Waals surface area (Å²) in [6, 6.07) is 13.8. The van der Waals surface area contributed by atoms with Crippen molar-refractivity contribution in [1.29, 1.82) is 0 Å². The number of nitrogens with one attached hydrogen (secondary N) is 1. The van der Waals surface area contributed by atoms with Crippen molar-refractivity contribution in [2.45, 2.75) is 71.0 Å². The molecule has 3 rings (SSSR count). The number of hydrogen-bond acceptors (Lipinski definition) is 4. The Labute approximate surface area is 219 Å². The van der Waals surface area contributed by atoms with E-state index in [1.54, 1.807) is 25.1 Å². The van der Waals surface area contributed by atoms with E-state index < -0.39 is 28.5 Å². The summed E-state index contributed by atoms with van der Waals surface area (Å²) >= 11 is 6.25. The molecule has 36 heavy (non-hydrogen) atoms. The molecule has 0 heterocycles. The van der Waals surface area contributed by atoms with Gasteiger partial charge in [-0.1, -0.05) is 74.2 Å². The number of anilines is 1. The highest BCUT2D eigenvalue weighted by molar-refractivity contribution is 7.92. The zero-order valence-corrected chi connectivity index (χ0v) is 22.8. The van der Waals surface area contributed by atoms with E-state index in [4.69, 9.17) is 11.6 Å². The standard InChI is InChI=1S/C27H36ClN3O4S/c1-4-24(27(33)29-22-14-9-6-10-15-22)30(18-21-12-7-5-8-13-21)26(32)19-31(36(3,34)35)25-17-11-16-23(28)20(25)2/h5,7-8,11-13,16-17,22,24H,4,6,9-10,14-15,18-19H2,1-3H3,(H,29,33)/t24-/m0/s1. The number of halogens is 1. The van der Waals surface area contributed by atoms with Gasteiger partial charge in [0.1, 0.15) is 12.6 Å². The molecule has 7 nitrogen and oxygen atoms in total. The van der Waals surface area contributed by atoms with Crippen LogP contribution in [-0.2, 0) is 26.2 Å². The SMILES string of the molecule is CC[C@@H](C(=O)NC1CCCCC1)N(Cc1ccccc1)C(=O)CN(c1cccc(Cl)c1C)S(C)(=O)=O. The van der Waals surface area contributed by atoms with Crippen LogP contribution in [0.3, 0.4) is 0 Å². The van der Waals surface area contributed by atoms with Crippen molar-refractivity contribution < 1.29 is 18.0 Å². The third-order valence-electron chi connectivity index (χ3n) is 6.72. The molecule has 0 saturated heterocycles.